The first-order chi connectivity index (χ1) is 7.31. The number of rotatable bonds is 3. The fraction of sp³-hybridized carbons (Fsp3) is 0.417. The number of fused-ring (bicyclic) bond motifs is 1. The molecule has 0 fully saturated rings. The zero-order valence-electron chi connectivity index (χ0n) is 8.86. The van der Waals surface area contributed by atoms with Crippen LogP contribution >= 0.6 is 0 Å². The van der Waals surface area contributed by atoms with E-state index in [1.165, 1.54) is 16.8 Å². The highest BCUT2D eigenvalue weighted by Crippen LogP contribution is 2.27. The van der Waals surface area contributed by atoms with E-state index in [4.69, 9.17) is 0 Å². The third-order valence-electron chi connectivity index (χ3n) is 2.85. The fourth-order valence-corrected chi connectivity index (χ4v) is 2.01. The molecule has 0 aromatic heterocycles. The Hall–Kier alpha value is -1.60. The van der Waals surface area contributed by atoms with Crippen LogP contribution in [0.3, 0.4) is 0 Å². The molecule has 0 aliphatic carbocycles. The van der Waals surface area contributed by atoms with Crippen molar-refractivity contribution in [1.29, 1.82) is 0 Å². The second-order valence-electron chi connectivity index (χ2n) is 3.86. The molecule has 1 heterocycles. The summed E-state index contributed by atoms with van der Waals surface area (Å²) in [5.41, 5.74) is 3.99. The molecule has 78 valence electrons. The Morgan fingerprint density at radius 3 is 3.20 bits per heavy atom. The van der Waals surface area contributed by atoms with E-state index >= 15 is 0 Å². The average Bonchev–Trinajstić information content (AvgIpc) is 2.61. The van der Waals surface area contributed by atoms with Gasteiger partial charge >= 0.3 is 0 Å². The maximum absolute atomic E-state index is 9.93. The molecule has 0 saturated carbocycles. The van der Waals surface area contributed by atoms with Crippen LogP contribution in [0.25, 0.3) is 0 Å². The second kappa shape index (κ2) is 4.28. The predicted octanol–water partition coefficient (Wildman–Crippen LogP) is 1.56. The lowest BCUT2D eigenvalue weighted by molar-refractivity contribution is 0.563. The number of hydrogen-bond acceptors (Lipinski definition) is 3. The standard InChI is InChI=1S/C12H14N2O/c1-14-7-5-11-8-10(2-3-12(11)14)4-6-13-9-15/h2-3,8H,4-7H2,1H3. The minimum atomic E-state index is 0.540. The van der Waals surface area contributed by atoms with Crippen molar-refractivity contribution < 1.29 is 4.79 Å². The van der Waals surface area contributed by atoms with Gasteiger partial charge in [-0.2, -0.15) is 0 Å². The molecule has 1 aliphatic rings. The number of hydrogen-bond donors (Lipinski definition) is 0. The first kappa shape index (κ1) is 9.94. The van der Waals surface area contributed by atoms with Crippen LogP contribution in [0, 0.1) is 0 Å². The smallest absolute Gasteiger partial charge is 0.234 e. The molecule has 3 heteroatoms. The quantitative estimate of drug-likeness (QED) is 0.550. The van der Waals surface area contributed by atoms with Crippen LogP contribution in [0.1, 0.15) is 11.1 Å². The summed E-state index contributed by atoms with van der Waals surface area (Å²) in [7, 11) is 2.11. The van der Waals surface area contributed by atoms with Crippen LogP contribution in [0.2, 0.25) is 0 Å². The third kappa shape index (κ3) is 2.08. The van der Waals surface area contributed by atoms with Gasteiger partial charge in [-0.15, -0.1) is 0 Å². The van der Waals surface area contributed by atoms with Crippen LogP contribution in [0.4, 0.5) is 5.69 Å². The molecule has 0 atom stereocenters. The van der Waals surface area contributed by atoms with Crippen LogP contribution in [0.15, 0.2) is 23.2 Å². The van der Waals surface area contributed by atoms with Crippen molar-refractivity contribution in [2.45, 2.75) is 12.8 Å². The maximum atomic E-state index is 9.93. The normalized spacial score (nSPS) is 13.5. The highest BCUT2D eigenvalue weighted by molar-refractivity contribution is 5.58. The van der Waals surface area contributed by atoms with E-state index in [0.717, 1.165) is 19.4 Å². The molecule has 0 amide bonds. The van der Waals surface area contributed by atoms with E-state index in [1.807, 2.05) is 0 Å². The molecule has 15 heavy (non-hydrogen) atoms. The Morgan fingerprint density at radius 1 is 1.53 bits per heavy atom. The first-order valence-electron chi connectivity index (χ1n) is 5.18. The molecule has 1 aromatic carbocycles. The van der Waals surface area contributed by atoms with E-state index in [1.54, 1.807) is 6.08 Å². The first-order valence-corrected chi connectivity index (χ1v) is 5.18. The van der Waals surface area contributed by atoms with E-state index in [2.05, 4.69) is 35.1 Å². The number of aliphatic imine (C=N–C) groups is 1. The predicted molar refractivity (Wildman–Crippen MR) is 60.1 cm³/mol. The van der Waals surface area contributed by atoms with Crippen LogP contribution in [-0.2, 0) is 17.6 Å². The number of nitrogens with zero attached hydrogens (tertiary/aromatic N) is 2. The Balaban J connectivity index is 2.12. The van der Waals surface area contributed by atoms with Crippen LogP contribution in [-0.4, -0.2) is 26.2 Å². The molecular weight excluding hydrogens is 188 g/mol. The van der Waals surface area contributed by atoms with Crippen LogP contribution in [0.5, 0.6) is 0 Å². The summed E-state index contributed by atoms with van der Waals surface area (Å²) in [6.45, 7) is 1.64. The summed E-state index contributed by atoms with van der Waals surface area (Å²) in [6.07, 6.45) is 3.51. The molecule has 0 spiro atoms. The van der Waals surface area contributed by atoms with Crippen molar-refractivity contribution in [3.05, 3.63) is 29.3 Å². The van der Waals surface area contributed by atoms with Gasteiger partial charge in [0.25, 0.3) is 0 Å². The Labute approximate surface area is 89.4 Å². The van der Waals surface area contributed by atoms with Crippen molar-refractivity contribution >= 4 is 11.8 Å². The number of isocyanates is 1. The SMILES string of the molecule is CN1CCc2cc(CCN=C=O)ccc21. The van der Waals surface area contributed by atoms with Gasteiger partial charge in [-0.3, -0.25) is 0 Å². The molecule has 0 bridgehead atoms. The van der Waals surface area contributed by atoms with Crippen molar-refractivity contribution in [2.75, 3.05) is 25.0 Å². The van der Waals surface area contributed by atoms with Gasteiger partial charge in [0.05, 0.1) is 6.54 Å². The Bertz CT molecular complexity index is 408. The van der Waals surface area contributed by atoms with Gasteiger partial charge in [-0.25, -0.2) is 9.79 Å². The summed E-state index contributed by atoms with van der Waals surface area (Å²) in [4.78, 5) is 15.8. The van der Waals surface area contributed by atoms with Crippen LogP contribution < -0.4 is 4.90 Å². The number of anilines is 1. The summed E-state index contributed by atoms with van der Waals surface area (Å²) in [5.74, 6) is 0. The van der Waals surface area contributed by atoms with E-state index in [-0.39, 0.29) is 0 Å². The van der Waals surface area contributed by atoms with Gasteiger partial charge in [0.2, 0.25) is 6.08 Å². The average molecular weight is 202 g/mol. The van der Waals surface area contributed by atoms with E-state index < -0.39 is 0 Å². The van der Waals surface area contributed by atoms with E-state index in [0.29, 0.717) is 6.54 Å². The Kier molecular flexibility index (Phi) is 2.84. The van der Waals surface area contributed by atoms with Crippen molar-refractivity contribution in [2.24, 2.45) is 4.99 Å². The highest BCUT2D eigenvalue weighted by Gasteiger charge is 2.14. The molecule has 0 unspecified atom stereocenters. The summed E-state index contributed by atoms with van der Waals surface area (Å²) in [5, 5.41) is 0. The maximum Gasteiger partial charge on any atom is 0.234 e. The van der Waals surface area contributed by atoms with Crippen molar-refractivity contribution in [1.82, 2.24) is 0 Å². The van der Waals surface area contributed by atoms with Crippen molar-refractivity contribution in [3.8, 4) is 0 Å². The zero-order chi connectivity index (χ0) is 10.7. The summed E-state index contributed by atoms with van der Waals surface area (Å²) >= 11 is 0. The summed E-state index contributed by atoms with van der Waals surface area (Å²) in [6, 6.07) is 6.49. The molecule has 2 rings (SSSR count). The van der Waals surface area contributed by atoms with Gasteiger partial charge in [-0.1, -0.05) is 12.1 Å². The lowest BCUT2D eigenvalue weighted by Crippen LogP contribution is -2.12. The molecule has 0 radical (unpaired) electrons. The fourth-order valence-electron chi connectivity index (χ4n) is 2.01. The van der Waals surface area contributed by atoms with Crippen molar-refractivity contribution in [3.63, 3.8) is 0 Å². The zero-order valence-corrected chi connectivity index (χ0v) is 8.86. The molecule has 1 aliphatic heterocycles. The molecule has 3 nitrogen and oxygen atoms in total. The van der Waals surface area contributed by atoms with Gasteiger partial charge in [0.15, 0.2) is 0 Å². The largest absolute Gasteiger partial charge is 0.374 e. The molecule has 0 saturated heterocycles. The van der Waals surface area contributed by atoms with Gasteiger partial charge in [0.1, 0.15) is 0 Å². The Morgan fingerprint density at radius 2 is 2.40 bits per heavy atom. The lowest BCUT2D eigenvalue weighted by Gasteiger charge is -2.11. The number of carbonyl (C=O) groups excluding carboxylic acids is 1. The molecule has 0 N–H and O–H groups in total. The van der Waals surface area contributed by atoms with Gasteiger partial charge in [0, 0.05) is 19.3 Å². The van der Waals surface area contributed by atoms with Gasteiger partial charge in [-0.05, 0) is 30.0 Å². The number of benzene rings is 1. The lowest BCUT2D eigenvalue weighted by atomic mass is 10.1. The highest BCUT2D eigenvalue weighted by atomic mass is 16.1. The minimum absolute atomic E-state index is 0.540. The second-order valence-corrected chi connectivity index (χ2v) is 3.86. The molecule has 1 aromatic rings. The van der Waals surface area contributed by atoms with E-state index in [9.17, 15) is 4.79 Å². The van der Waals surface area contributed by atoms with Gasteiger partial charge < -0.3 is 4.90 Å². The topological polar surface area (TPSA) is 32.7 Å². The molecular formula is C12H14N2O. The monoisotopic (exact) mass is 202 g/mol. The number of likely N-dealkylation sites (N-methyl/N-ethyl adjacent to an activating group) is 1. The summed E-state index contributed by atoms with van der Waals surface area (Å²) < 4.78 is 0. The third-order valence-corrected chi connectivity index (χ3v) is 2.85. The minimum Gasteiger partial charge on any atom is -0.374 e.